The standard InChI is InChI=1S/C17H16.C16H14/c1-3-17(4-2,15-11-7-5-8-12-15)16-13-9-6-10-14-16;1-3-13-11-8-12-16(15(13)4-2)14-9-6-5-7-10-14/h3-14H,1-2H2;3-12H,1-2H2. The number of hydrogen-bond acceptors (Lipinski definition) is 0. The highest BCUT2D eigenvalue weighted by Crippen LogP contribution is 2.34. The average Bonchev–Trinajstić information content (AvgIpc) is 2.91. The van der Waals surface area contributed by atoms with Crippen molar-refractivity contribution in [2.45, 2.75) is 5.41 Å². The minimum atomic E-state index is -0.303. The van der Waals surface area contributed by atoms with Crippen molar-refractivity contribution in [1.82, 2.24) is 0 Å². The van der Waals surface area contributed by atoms with Crippen molar-refractivity contribution >= 4 is 12.2 Å². The molecule has 0 N–H and O–H groups in total. The van der Waals surface area contributed by atoms with Crippen LogP contribution in [0.3, 0.4) is 0 Å². The first kappa shape index (κ1) is 23.5. The summed E-state index contributed by atoms with van der Waals surface area (Å²) < 4.78 is 0. The van der Waals surface area contributed by atoms with Gasteiger partial charge in [0, 0.05) is 0 Å². The van der Waals surface area contributed by atoms with Crippen molar-refractivity contribution in [3.8, 4) is 11.1 Å². The molecule has 4 rings (SSSR count). The minimum absolute atomic E-state index is 0.303. The molecule has 0 amide bonds. The van der Waals surface area contributed by atoms with Gasteiger partial charge in [0.2, 0.25) is 0 Å². The van der Waals surface area contributed by atoms with E-state index in [0.717, 1.165) is 11.1 Å². The monoisotopic (exact) mass is 426 g/mol. The van der Waals surface area contributed by atoms with Crippen molar-refractivity contribution in [2.75, 3.05) is 0 Å². The molecule has 0 spiro atoms. The van der Waals surface area contributed by atoms with Gasteiger partial charge in [-0.3, -0.25) is 0 Å². The Labute approximate surface area is 198 Å². The van der Waals surface area contributed by atoms with E-state index in [4.69, 9.17) is 0 Å². The van der Waals surface area contributed by atoms with E-state index < -0.39 is 0 Å². The smallest absolute Gasteiger partial charge is 0.0557 e. The van der Waals surface area contributed by atoms with Crippen molar-refractivity contribution < 1.29 is 0 Å². The Morgan fingerprint density at radius 3 is 1.39 bits per heavy atom. The lowest BCUT2D eigenvalue weighted by Gasteiger charge is -2.28. The third-order valence-corrected chi connectivity index (χ3v) is 5.80. The van der Waals surface area contributed by atoms with E-state index in [1.165, 1.54) is 22.3 Å². The highest BCUT2D eigenvalue weighted by molar-refractivity contribution is 5.80. The average molecular weight is 427 g/mol. The fourth-order valence-electron chi connectivity index (χ4n) is 4.01. The highest BCUT2D eigenvalue weighted by atomic mass is 14.3. The van der Waals surface area contributed by atoms with Gasteiger partial charge in [-0.05, 0) is 33.4 Å². The van der Waals surface area contributed by atoms with Crippen LogP contribution in [0.4, 0.5) is 0 Å². The van der Waals surface area contributed by atoms with Crippen LogP contribution in [-0.2, 0) is 5.41 Å². The van der Waals surface area contributed by atoms with E-state index in [2.05, 4.69) is 74.8 Å². The molecule has 162 valence electrons. The zero-order valence-corrected chi connectivity index (χ0v) is 19.0. The Morgan fingerprint density at radius 2 is 0.970 bits per heavy atom. The minimum Gasteiger partial charge on any atom is -0.102 e. The molecule has 0 heteroatoms. The molecule has 0 aliphatic rings. The van der Waals surface area contributed by atoms with Crippen molar-refractivity contribution in [3.63, 3.8) is 0 Å². The molecule has 0 saturated heterocycles. The molecule has 33 heavy (non-hydrogen) atoms. The first-order valence-electron chi connectivity index (χ1n) is 11.0. The van der Waals surface area contributed by atoms with E-state index >= 15 is 0 Å². The van der Waals surface area contributed by atoms with Crippen molar-refractivity contribution in [1.29, 1.82) is 0 Å². The maximum atomic E-state index is 3.99. The quantitative estimate of drug-likeness (QED) is 0.259. The summed E-state index contributed by atoms with van der Waals surface area (Å²) in [6.45, 7) is 15.7. The van der Waals surface area contributed by atoms with E-state index in [-0.39, 0.29) is 5.41 Å². The van der Waals surface area contributed by atoms with E-state index in [1.807, 2.05) is 85.0 Å². The van der Waals surface area contributed by atoms with Gasteiger partial charge in [0.05, 0.1) is 5.41 Å². The second-order valence-electron chi connectivity index (χ2n) is 7.59. The van der Waals surface area contributed by atoms with Gasteiger partial charge in [-0.15, -0.1) is 13.2 Å². The first-order chi connectivity index (χ1) is 16.2. The maximum Gasteiger partial charge on any atom is 0.0557 e. The van der Waals surface area contributed by atoms with Gasteiger partial charge < -0.3 is 0 Å². The highest BCUT2D eigenvalue weighted by Gasteiger charge is 2.26. The van der Waals surface area contributed by atoms with Crippen LogP contribution < -0.4 is 0 Å². The zero-order chi connectivity index (χ0) is 23.5. The summed E-state index contributed by atoms with van der Waals surface area (Å²) >= 11 is 0. The summed E-state index contributed by atoms with van der Waals surface area (Å²) in [6, 6.07) is 37.2. The fourth-order valence-corrected chi connectivity index (χ4v) is 4.01. The Hall–Kier alpha value is -4.16. The SMILES string of the molecule is C=CC(C=C)(c1ccccc1)c1ccccc1.C=Cc1cccc(-c2ccccc2)c1C=C. The molecule has 0 radical (unpaired) electrons. The lowest BCUT2D eigenvalue weighted by molar-refractivity contribution is 0.820. The number of rotatable bonds is 7. The van der Waals surface area contributed by atoms with Gasteiger partial charge in [0.1, 0.15) is 0 Å². The molecule has 0 saturated carbocycles. The Kier molecular flexibility index (Phi) is 8.16. The summed E-state index contributed by atoms with van der Waals surface area (Å²) in [6.07, 6.45) is 7.65. The largest absolute Gasteiger partial charge is 0.102 e. The van der Waals surface area contributed by atoms with E-state index in [9.17, 15) is 0 Å². The topological polar surface area (TPSA) is 0 Å². The van der Waals surface area contributed by atoms with Crippen LogP contribution in [0.2, 0.25) is 0 Å². The Balaban J connectivity index is 0.000000186. The summed E-state index contributed by atoms with van der Waals surface area (Å²) in [4.78, 5) is 0. The summed E-state index contributed by atoms with van der Waals surface area (Å²) in [5, 5.41) is 0. The van der Waals surface area contributed by atoms with Crippen molar-refractivity contribution in [3.05, 3.63) is 170 Å². The second-order valence-corrected chi connectivity index (χ2v) is 7.59. The van der Waals surface area contributed by atoms with Crippen LogP contribution in [-0.4, -0.2) is 0 Å². The lowest BCUT2D eigenvalue weighted by Crippen LogP contribution is -2.21. The number of allylic oxidation sites excluding steroid dienone is 2. The molecular formula is C33H30. The van der Waals surface area contributed by atoms with Gasteiger partial charge in [-0.25, -0.2) is 0 Å². The summed E-state index contributed by atoms with van der Waals surface area (Å²) in [5.74, 6) is 0. The second kappa shape index (κ2) is 11.5. The van der Waals surface area contributed by atoms with E-state index in [0.29, 0.717) is 0 Å². The first-order valence-corrected chi connectivity index (χ1v) is 11.0. The van der Waals surface area contributed by atoms with Gasteiger partial charge in [-0.1, -0.05) is 147 Å². The zero-order valence-electron chi connectivity index (χ0n) is 19.0. The van der Waals surface area contributed by atoms with Crippen LogP contribution in [0.1, 0.15) is 22.3 Å². The van der Waals surface area contributed by atoms with Gasteiger partial charge in [0.25, 0.3) is 0 Å². The van der Waals surface area contributed by atoms with Gasteiger partial charge in [-0.2, -0.15) is 0 Å². The molecule has 0 aromatic heterocycles. The molecule has 4 aromatic rings. The van der Waals surface area contributed by atoms with Crippen LogP contribution >= 0.6 is 0 Å². The summed E-state index contributed by atoms with van der Waals surface area (Å²) in [7, 11) is 0. The molecule has 4 aromatic carbocycles. The molecule has 0 aliphatic carbocycles. The number of benzene rings is 4. The molecule has 0 atom stereocenters. The lowest BCUT2D eigenvalue weighted by atomic mass is 9.75. The van der Waals surface area contributed by atoms with Crippen LogP contribution in [0, 0.1) is 0 Å². The maximum absolute atomic E-state index is 3.99. The van der Waals surface area contributed by atoms with E-state index in [1.54, 1.807) is 0 Å². The molecule has 0 unspecified atom stereocenters. The van der Waals surface area contributed by atoms with Crippen LogP contribution in [0.25, 0.3) is 23.3 Å². The van der Waals surface area contributed by atoms with Crippen LogP contribution in [0.15, 0.2) is 148 Å². The van der Waals surface area contributed by atoms with Gasteiger partial charge >= 0.3 is 0 Å². The molecule has 0 aliphatic heterocycles. The van der Waals surface area contributed by atoms with Crippen molar-refractivity contribution in [2.24, 2.45) is 0 Å². The van der Waals surface area contributed by atoms with Gasteiger partial charge in [0.15, 0.2) is 0 Å². The Bertz CT molecular complexity index is 1150. The molecular weight excluding hydrogens is 396 g/mol. The predicted octanol–water partition coefficient (Wildman–Crippen LogP) is 8.98. The normalized spacial score (nSPS) is 10.3. The predicted molar refractivity (Wildman–Crippen MR) is 146 cm³/mol. The third-order valence-electron chi connectivity index (χ3n) is 5.80. The molecule has 0 bridgehead atoms. The molecule has 0 nitrogen and oxygen atoms in total. The molecule has 0 fully saturated rings. The van der Waals surface area contributed by atoms with Crippen LogP contribution in [0.5, 0.6) is 0 Å². The summed E-state index contributed by atoms with van der Waals surface area (Å²) in [5.41, 5.74) is 6.75. The Morgan fingerprint density at radius 1 is 0.485 bits per heavy atom. The fraction of sp³-hybridized carbons (Fsp3) is 0.0303. The number of hydrogen-bond donors (Lipinski definition) is 0. The molecule has 0 heterocycles. The third kappa shape index (κ3) is 5.19.